The van der Waals surface area contributed by atoms with Crippen LogP contribution >= 0.6 is 0 Å². The van der Waals surface area contributed by atoms with Gasteiger partial charge in [-0.25, -0.2) is 9.18 Å². The van der Waals surface area contributed by atoms with Crippen molar-refractivity contribution in [2.24, 2.45) is 5.92 Å². The number of halogens is 1. The molecule has 2 heterocycles. The van der Waals surface area contributed by atoms with E-state index in [4.69, 9.17) is 0 Å². The molecular formula is C26H30FN3O2. The average molecular weight is 436 g/mol. The topological polar surface area (TPSA) is 55.8 Å². The number of allylic oxidation sites excluding steroid dienone is 2. The molecule has 1 fully saturated rings. The molecule has 2 amide bonds. The van der Waals surface area contributed by atoms with Crippen LogP contribution in [0.1, 0.15) is 49.3 Å². The number of amides is 2. The number of rotatable bonds is 3. The molecule has 0 bridgehead atoms. The zero-order valence-electron chi connectivity index (χ0n) is 18.4. The third-order valence-corrected chi connectivity index (χ3v) is 7.37. The average Bonchev–Trinajstić information content (AvgIpc) is 3.26. The fraction of sp³-hybridized carbons (Fsp3) is 0.423. The van der Waals surface area contributed by atoms with Gasteiger partial charge < -0.3 is 20.2 Å². The number of likely N-dealkylation sites (N-methyl/N-ethyl adjacent to an activating group) is 1. The van der Waals surface area contributed by atoms with Crippen LogP contribution in [0.5, 0.6) is 0 Å². The zero-order chi connectivity index (χ0) is 22.2. The highest BCUT2D eigenvalue weighted by atomic mass is 19.1. The van der Waals surface area contributed by atoms with Crippen molar-refractivity contribution in [2.75, 3.05) is 30.4 Å². The van der Waals surface area contributed by atoms with E-state index in [-0.39, 0.29) is 36.5 Å². The molecule has 1 saturated heterocycles. The van der Waals surface area contributed by atoms with Gasteiger partial charge in [0.2, 0.25) is 0 Å². The second-order valence-corrected chi connectivity index (χ2v) is 9.14. The van der Waals surface area contributed by atoms with Crippen LogP contribution in [0.25, 0.3) is 5.57 Å². The lowest BCUT2D eigenvalue weighted by Gasteiger charge is -2.44. The molecule has 2 aromatic rings. The number of likely N-dealkylation sites (tertiary alicyclic amines) is 1. The highest BCUT2D eigenvalue weighted by Gasteiger charge is 2.47. The van der Waals surface area contributed by atoms with Gasteiger partial charge in [-0.2, -0.15) is 0 Å². The molecule has 2 aromatic carbocycles. The first-order valence-electron chi connectivity index (χ1n) is 11.6. The predicted molar refractivity (Wildman–Crippen MR) is 125 cm³/mol. The molecule has 3 aliphatic rings. The number of anilines is 2. The standard InChI is InChI=1S/C26H30FN3O2/c1-29-23-12-7-18(17-5-3-2-4-6-17)15-22(23)25-21(24(29)16-31)13-14-30(25)26(32)28-20-10-8-19(27)9-11-20/h5,7-12,15,21,24-25,31H,2-4,6,13-14,16H2,1H3,(H,28,32)/t21-,24+,25-/m1/s1. The summed E-state index contributed by atoms with van der Waals surface area (Å²) in [5.41, 5.74) is 5.43. The minimum Gasteiger partial charge on any atom is -0.394 e. The lowest BCUT2D eigenvalue weighted by molar-refractivity contribution is 0.168. The van der Waals surface area contributed by atoms with Gasteiger partial charge in [-0.15, -0.1) is 0 Å². The normalized spacial score (nSPS) is 24.6. The maximum absolute atomic E-state index is 13.3. The van der Waals surface area contributed by atoms with Gasteiger partial charge in [0.05, 0.1) is 18.7 Å². The van der Waals surface area contributed by atoms with Crippen molar-refractivity contribution in [1.82, 2.24) is 4.90 Å². The Morgan fingerprint density at radius 2 is 2.00 bits per heavy atom. The molecule has 2 aliphatic heterocycles. The van der Waals surface area contributed by atoms with E-state index in [1.165, 1.54) is 36.1 Å². The van der Waals surface area contributed by atoms with Crippen molar-refractivity contribution in [3.63, 3.8) is 0 Å². The van der Waals surface area contributed by atoms with Crippen LogP contribution in [-0.4, -0.2) is 42.3 Å². The quantitative estimate of drug-likeness (QED) is 0.698. The predicted octanol–water partition coefficient (Wildman–Crippen LogP) is 5.19. The second kappa shape index (κ2) is 8.58. The van der Waals surface area contributed by atoms with Crippen LogP contribution < -0.4 is 10.2 Å². The van der Waals surface area contributed by atoms with Crippen molar-refractivity contribution in [3.8, 4) is 0 Å². The number of fused-ring (bicyclic) bond motifs is 3. The highest BCUT2D eigenvalue weighted by Crippen LogP contribution is 2.49. The highest BCUT2D eigenvalue weighted by molar-refractivity contribution is 5.90. The number of aliphatic hydroxyl groups is 1. The number of benzene rings is 2. The number of nitrogens with one attached hydrogen (secondary N) is 1. The van der Waals surface area contributed by atoms with Gasteiger partial charge in [0.15, 0.2) is 0 Å². The van der Waals surface area contributed by atoms with E-state index in [0.29, 0.717) is 12.2 Å². The summed E-state index contributed by atoms with van der Waals surface area (Å²) in [5, 5.41) is 13.1. The summed E-state index contributed by atoms with van der Waals surface area (Å²) in [4.78, 5) is 17.3. The third kappa shape index (κ3) is 3.66. The van der Waals surface area contributed by atoms with Crippen molar-refractivity contribution in [1.29, 1.82) is 0 Å². The van der Waals surface area contributed by atoms with E-state index in [0.717, 1.165) is 30.5 Å². The number of urea groups is 1. The van der Waals surface area contributed by atoms with E-state index in [1.54, 1.807) is 12.1 Å². The molecule has 2 N–H and O–H groups in total. The summed E-state index contributed by atoms with van der Waals surface area (Å²) in [7, 11) is 2.04. The van der Waals surface area contributed by atoms with Crippen LogP contribution in [0.15, 0.2) is 48.5 Å². The Kier molecular flexibility index (Phi) is 5.64. The Balaban J connectivity index is 1.50. The molecule has 0 saturated carbocycles. The monoisotopic (exact) mass is 435 g/mol. The first kappa shape index (κ1) is 21.0. The first-order valence-corrected chi connectivity index (χ1v) is 11.6. The van der Waals surface area contributed by atoms with E-state index in [2.05, 4.69) is 34.5 Å². The number of hydrogen-bond donors (Lipinski definition) is 2. The van der Waals surface area contributed by atoms with E-state index < -0.39 is 0 Å². The molecule has 32 heavy (non-hydrogen) atoms. The zero-order valence-corrected chi connectivity index (χ0v) is 18.4. The van der Waals surface area contributed by atoms with Crippen LogP contribution in [0.4, 0.5) is 20.6 Å². The molecule has 6 heteroatoms. The van der Waals surface area contributed by atoms with Crippen LogP contribution in [0.2, 0.25) is 0 Å². The summed E-state index contributed by atoms with van der Waals surface area (Å²) in [6.07, 6.45) is 7.86. The molecule has 3 atom stereocenters. The molecule has 5 nitrogen and oxygen atoms in total. The lowest BCUT2D eigenvalue weighted by Crippen LogP contribution is -2.48. The summed E-state index contributed by atoms with van der Waals surface area (Å²) >= 11 is 0. The maximum Gasteiger partial charge on any atom is 0.322 e. The fourth-order valence-corrected chi connectivity index (χ4v) is 5.71. The minimum atomic E-state index is -0.330. The SMILES string of the molecule is CN1c2ccc(C3=CCCCC3)cc2[C@H]2[C@H](CCN2C(=O)Nc2ccc(F)cc2)[C@@H]1CO. The lowest BCUT2D eigenvalue weighted by atomic mass is 9.80. The summed E-state index contributed by atoms with van der Waals surface area (Å²) in [6.45, 7) is 0.677. The molecule has 0 unspecified atom stereocenters. The number of aliphatic hydroxyl groups excluding tert-OH is 1. The van der Waals surface area contributed by atoms with Crippen molar-refractivity contribution < 1.29 is 14.3 Å². The Hall–Kier alpha value is -2.86. The van der Waals surface area contributed by atoms with Gasteiger partial charge in [0, 0.05) is 30.9 Å². The molecule has 0 radical (unpaired) electrons. The minimum absolute atomic E-state index is 0.0316. The van der Waals surface area contributed by atoms with Gasteiger partial charge in [-0.1, -0.05) is 12.1 Å². The second-order valence-electron chi connectivity index (χ2n) is 9.14. The first-order chi connectivity index (χ1) is 15.6. The summed E-state index contributed by atoms with van der Waals surface area (Å²) in [6, 6.07) is 12.1. The van der Waals surface area contributed by atoms with Gasteiger partial charge in [0.25, 0.3) is 0 Å². The summed E-state index contributed by atoms with van der Waals surface area (Å²) in [5.74, 6) is -0.170. The molecule has 168 valence electrons. The molecule has 0 aromatic heterocycles. The van der Waals surface area contributed by atoms with E-state index >= 15 is 0 Å². The van der Waals surface area contributed by atoms with Gasteiger partial charge >= 0.3 is 6.03 Å². The summed E-state index contributed by atoms with van der Waals surface area (Å²) < 4.78 is 13.3. The van der Waals surface area contributed by atoms with E-state index in [1.807, 2.05) is 11.9 Å². The van der Waals surface area contributed by atoms with Crippen LogP contribution in [-0.2, 0) is 0 Å². The van der Waals surface area contributed by atoms with Gasteiger partial charge in [0.1, 0.15) is 5.82 Å². The molecule has 5 rings (SSSR count). The largest absolute Gasteiger partial charge is 0.394 e. The van der Waals surface area contributed by atoms with Gasteiger partial charge in [-0.3, -0.25) is 0 Å². The Bertz CT molecular complexity index is 1040. The van der Waals surface area contributed by atoms with Gasteiger partial charge in [-0.05, 0) is 85.2 Å². The van der Waals surface area contributed by atoms with Crippen molar-refractivity contribution in [3.05, 3.63) is 65.5 Å². The maximum atomic E-state index is 13.3. The van der Waals surface area contributed by atoms with Crippen molar-refractivity contribution in [2.45, 2.75) is 44.2 Å². The molecule has 1 aliphatic carbocycles. The van der Waals surface area contributed by atoms with Crippen molar-refractivity contribution >= 4 is 23.0 Å². The number of nitrogens with zero attached hydrogens (tertiary/aromatic N) is 2. The Labute approximate surface area is 188 Å². The van der Waals surface area contributed by atoms with Crippen LogP contribution in [0, 0.1) is 11.7 Å². The van der Waals surface area contributed by atoms with Crippen LogP contribution in [0.3, 0.4) is 0 Å². The smallest absolute Gasteiger partial charge is 0.322 e. The Morgan fingerprint density at radius 3 is 2.72 bits per heavy atom. The number of carbonyl (C=O) groups is 1. The fourth-order valence-electron chi connectivity index (χ4n) is 5.71. The number of carbonyl (C=O) groups excluding carboxylic acids is 1. The Morgan fingerprint density at radius 1 is 1.19 bits per heavy atom. The molecular weight excluding hydrogens is 405 g/mol. The number of hydrogen-bond acceptors (Lipinski definition) is 3. The van der Waals surface area contributed by atoms with E-state index in [9.17, 15) is 14.3 Å². The third-order valence-electron chi connectivity index (χ3n) is 7.37. The molecule has 0 spiro atoms.